The van der Waals surface area contributed by atoms with Crippen molar-refractivity contribution >= 4 is 11.0 Å². The van der Waals surface area contributed by atoms with Gasteiger partial charge in [-0.25, -0.2) is 0 Å². The average Bonchev–Trinajstić information content (AvgIpc) is 2.80. The number of furan rings is 1. The second-order valence-corrected chi connectivity index (χ2v) is 5.88. The molecular formula is C16H23N3O. The minimum atomic E-state index is -0.0899. The third-order valence-corrected chi connectivity index (χ3v) is 4.30. The van der Waals surface area contributed by atoms with Crippen LogP contribution in [0, 0.1) is 0 Å². The Morgan fingerprint density at radius 3 is 2.85 bits per heavy atom. The van der Waals surface area contributed by atoms with E-state index in [1.165, 1.54) is 6.42 Å². The van der Waals surface area contributed by atoms with Gasteiger partial charge in [0, 0.05) is 18.0 Å². The largest absolute Gasteiger partial charge is 0.459 e. The normalized spacial score (nSPS) is 23.9. The summed E-state index contributed by atoms with van der Waals surface area (Å²) in [7, 11) is 4.32. The molecule has 4 nitrogen and oxygen atoms in total. The van der Waals surface area contributed by atoms with E-state index in [4.69, 9.17) is 10.2 Å². The Morgan fingerprint density at radius 2 is 2.05 bits per heavy atom. The first-order chi connectivity index (χ1) is 9.65. The van der Waals surface area contributed by atoms with Gasteiger partial charge >= 0.3 is 0 Å². The van der Waals surface area contributed by atoms with Gasteiger partial charge in [-0.15, -0.1) is 0 Å². The van der Waals surface area contributed by atoms with Crippen LogP contribution in [0.3, 0.4) is 0 Å². The van der Waals surface area contributed by atoms with Crippen LogP contribution >= 0.6 is 0 Å². The van der Waals surface area contributed by atoms with Crippen molar-refractivity contribution in [2.45, 2.75) is 18.5 Å². The molecule has 1 aliphatic heterocycles. The molecule has 1 aliphatic rings. The molecule has 2 unspecified atom stereocenters. The van der Waals surface area contributed by atoms with E-state index in [0.717, 1.165) is 36.4 Å². The molecule has 2 atom stereocenters. The number of hydrogen-bond donors (Lipinski definition) is 1. The molecule has 1 saturated heterocycles. The highest BCUT2D eigenvalue weighted by Gasteiger charge is 2.29. The zero-order chi connectivity index (χ0) is 14.1. The van der Waals surface area contributed by atoms with Crippen LogP contribution < -0.4 is 5.73 Å². The van der Waals surface area contributed by atoms with Crippen molar-refractivity contribution in [3.63, 3.8) is 0 Å². The van der Waals surface area contributed by atoms with Crippen molar-refractivity contribution < 1.29 is 4.42 Å². The SMILES string of the molecule is CN1CCCN(C)C(C(N)c2cc3ccccc3o2)C1. The minimum Gasteiger partial charge on any atom is -0.459 e. The molecule has 2 N–H and O–H groups in total. The molecular weight excluding hydrogens is 250 g/mol. The molecule has 3 rings (SSSR count). The van der Waals surface area contributed by atoms with E-state index in [9.17, 15) is 0 Å². The molecule has 2 aromatic rings. The lowest BCUT2D eigenvalue weighted by atomic mass is 10.0. The average molecular weight is 273 g/mol. The van der Waals surface area contributed by atoms with Crippen LogP contribution in [0.2, 0.25) is 0 Å². The number of nitrogens with two attached hydrogens (primary N) is 1. The number of fused-ring (bicyclic) bond motifs is 1. The highest BCUT2D eigenvalue weighted by molar-refractivity contribution is 5.77. The Morgan fingerprint density at radius 1 is 1.25 bits per heavy atom. The van der Waals surface area contributed by atoms with Crippen molar-refractivity contribution in [1.29, 1.82) is 0 Å². The Labute approximate surface area is 120 Å². The number of benzene rings is 1. The first kappa shape index (κ1) is 13.6. The highest BCUT2D eigenvalue weighted by Crippen LogP contribution is 2.27. The maximum absolute atomic E-state index is 6.49. The van der Waals surface area contributed by atoms with Gasteiger partial charge in [0.05, 0.1) is 6.04 Å². The molecule has 20 heavy (non-hydrogen) atoms. The first-order valence-electron chi connectivity index (χ1n) is 7.28. The number of nitrogens with zero attached hydrogens (tertiary/aromatic N) is 2. The third kappa shape index (κ3) is 2.59. The van der Waals surface area contributed by atoms with Gasteiger partial charge in [-0.05, 0) is 45.7 Å². The second-order valence-electron chi connectivity index (χ2n) is 5.88. The zero-order valence-corrected chi connectivity index (χ0v) is 12.2. The monoisotopic (exact) mass is 273 g/mol. The smallest absolute Gasteiger partial charge is 0.134 e. The molecule has 2 heterocycles. The van der Waals surface area contributed by atoms with Crippen molar-refractivity contribution in [1.82, 2.24) is 9.80 Å². The van der Waals surface area contributed by atoms with E-state index in [0.29, 0.717) is 6.04 Å². The Balaban J connectivity index is 1.87. The van der Waals surface area contributed by atoms with Crippen LogP contribution in [0.4, 0.5) is 0 Å². The van der Waals surface area contributed by atoms with E-state index in [1.54, 1.807) is 0 Å². The van der Waals surface area contributed by atoms with Gasteiger partial charge in [-0.2, -0.15) is 0 Å². The fourth-order valence-corrected chi connectivity index (χ4v) is 3.05. The lowest BCUT2D eigenvalue weighted by Crippen LogP contribution is -2.45. The molecule has 0 bridgehead atoms. The van der Waals surface area contributed by atoms with Crippen molar-refractivity contribution in [3.05, 3.63) is 36.1 Å². The van der Waals surface area contributed by atoms with Crippen LogP contribution in [-0.4, -0.2) is 49.6 Å². The standard InChI is InChI=1S/C16H23N3O/c1-18-8-5-9-19(2)13(11-18)16(17)15-10-12-6-3-4-7-14(12)20-15/h3-4,6-7,10,13,16H,5,8-9,11,17H2,1-2H3. The van der Waals surface area contributed by atoms with Gasteiger partial charge in [-0.1, -0.05) is 18.2 Å². The fourth-order valence-electron chi connectivity index (χ4n) is 3.05. The van der Waals surface area contributed by atoms with E-state index in [2.05, 4.69) is 36.0 Å². The summed E-state index contributed by atoms with van der Waals surface area (Å²) in [5.74, 6) is 0.887. The first-order valence-corrected chi connectivity index (χ1v) is 7.28. The summed E-state index contributed by atoms with van der Waals surface area (Å²) >= 11 is 0. The lowest BCUT2D eigenvalue weighted by molar-refractivity contribution is 0.186. The van der Waals surface area contributed by atoms with Gasteiger partial charge in [0.15, 0.2) is 0 Å². The van der Waals surface area contributed by atoms with E-state index in [1.807, 2.05) is 18.2 Å². The number of rotatable bonds is 2. The summed E-state index contributed by atoms with van der Waals surface area (Å²) < 4.78 is 5.94. The van der Waals surface area contributed by atoms with Gasteiger partial charge in [0.1, 0.15) is 11.3 Å². The maximum atomic E-state index is 6.49. The molecule has 1 aromatic heterocycles. The molecule has 1 fully saturated rings. The van der Waals surface area contributed by atoms with Gasteiger partial charge in [0.2, 0.25) is 0 Å². The summed E-state index contributed by atoms with van der Waals surface area (Å²) in [5.41, 5.74) is 7.41. The molecule has 0 radical (unpaired) electrons. The van der Waals surface area contributed by atoms with Crippen LogP contribution in [-0.2, 0) is 0 Å². The maximum Gasteiger partial charge on any atom is 0.134 e. The summed E-state index contributed by atoms with van der Waals surface area (Å²) in [4.78, 5) is 4.72. The lowest BCUT2D eigenvalue weighted by Gasteiger charge is -2.31. The molecule has 0 aliphatic carbocycles. The zero-order valence-electron chi connectivity index (χ0n) is 12.2. The Kier molecular flexibility index (Phi) is 3.78. The molecule has 4 heteroatoms. The molecule has 108 valence electrons. The highest BCUT2D eigenvalue weighted by atomic mass is 16.3. The van der Waals surface area contributed by atoms with Gasteiger partial charge < -0.3 is 20.0 Å². The van der Waals surface area contributed by atoms with Crippen molar-refractivity contribution in [2.75, 3.05) is 33.7 Å². The van der Waals surface area contributed by atoms with Crippen LogP contribution in [0.1, 0.15) is 18.2 Å². The summed E-state index contributed by atoms with van der Waals surface area (Å²) in [6.07, 6.45) is 1.19. The predicted molar refractivity (Wildman–Crippen MR) is 81.7 cm³/mol. The Hall–Kier alpha value is -1.36. The molecule has 0 spiro atoms. The number of para-hydroxylation sites is 1. The summed E-state index contributed by atoms with van der Waals surface area (Å²) in [6.45, 7) is 3.20. The summed E-state index contributed by atoms with van der Waals surface area (Å²) in [5, 5.41) is 1.13. The van der Waals surface area contributed by atoms with Crippen LogP contribution in [0.5, 0.6) is 0 Å². The van der Waals surface area contributed by atoms with E-state index in [-0.39, 0.29) is 6.04 Å². The second kappa shape index (κ2) is 5.56. The van der Waals surface area contributed by atoms with Gasteiger partial charge in [-0.3, -0.25) is 0 Å². The third-order valence-electron chi connectivity index (χ3n) is 4.30. The van der Waals surface area contributed by atoms with Crippen LogP contribution in [0.15, 0.2) is 34.7 Å². The number of likely N-dealkylation sites (N-methyl/N-ethyl adjacent to an activating group) is 2. The molecule has 1 aromatic carbocycles. The predicted octanol–water partition coefficient (Wildman–Crippen LogP) is 2.07. The minimum absolute atomic E-state index is 0.0899. The molecule has 0 saturated carbocycles. The summed E-state index contributed by atoms with van der Waals surface area (Å²) in [6, 6.07) is 10.4. The topological polar surface area (TPSA) is 45.6 Å². The molecule has 0 amide bonds. The van der Waals surface area contributed by atoms with E-state index >= 15 is 0 Å². The van der Waals surface area contributed by atoms with Crippen molar-refractivity contribution in [2.24, 2.45) is 5.73 Å². The van der Waals surface area contributed by atoms with Crippen molar-refractivity contribution in [3.8, 4) is 0 Å². The van der Waals surface area contributed by atoms with Crippen LogP contribution in [0.25, 0.3) is 11.0 Å². The van der Waals surface area contributed by atoms with Gasteiger partial charge in [0.25, 0.3) is 0 Å². The van der Waals surface area contributed by atoms with E-state index < -0.39 is 0 Å². The Bertz CT molecular complexity index is 547. The number of hydrogen-bond acceptors (Lipinski definition) is 4. The quantitative estimate of drug-likeness (QED) is 0.910. The fraction of sp³-hybridized carbons (Fsp3) is 0.500.